The summed E-state index contributed by atoms with van der Waals surface area (Å²) in [6.45, 7) is 4.43. The van der Waals surface area contributed by atoms with Crippen molar-refractivity contribution in [1.29, 1.82) is 0 Å². The van der Waals surface area contributed by atoms with E-state index in [0.717, 1.165) is 11.6 Å². The van der Waals surface area contributed by atoms with Gasteiger partial charge in [0, 0.05) is 24.1 Å². The van der Waals surface area contributed by atoms with Gasteiger partial charge in [-0.2, -0.15) is 0 Å². The van der Waals surface area contributed by atoms with Crippen LogP contribution in [-0.2, 0) is 0 Å². The van der Waals surface area contributed by atoms with Gasteiger partial charge >= 0.3 is 0 Å². The van der Waals surface area contributed by atoms with Gasteiger partial charge in [0.1, 0.15) is 0 Å². The minimum absolute atomic E-state index is 0.454. The van der Waals surface area contributed by atoms with Crippen molar-refractivity contribution in [3.8, 4) is 5.69 Å². The highest BCUT2D eigenvalue weighted by Gasteiger charge is 2.07. The minimum Gasteiger partial charge on any atom is -0.353 e. The van der Waals surface area contributed by atoms with E-state index >= 15 is 0 Å². The summed E-state index contributed by atoms with van der Waals surface area (Å²) < 4.78 is 2.09. The van der Waals surface area contributed by atoms with Crippen molar-refractivity contribution < 1.29 is 0 Å². The Morgan fingerprint density at radius 3 is 2.78 bits per heavy atom. The van der Waals surface area contributed by atoms with Gasteiger partial charge < -0.3 is 5.32 Å². The molecule has 1 N–H and O–H groups in total. The van der Waals surface area contributed by atoms with Gasteiger partial charge in [0.05, 0.1) is 0 Å². The molecule has 1 heterocycles. The number of hydrogen-bond donors (Lipinski definition) is 1. The highest BCUT2D eigenvalue weighted by Crippen LogP contribution is 2.15. The van der Waals surface area contributed by atoms with Crippen LogP contribution in [0.4, 0.5) is 5.95 Å². The Morgan fingerprint density at radius 1 is 1.28 bits per heavy atom. The van der Waals surface area contributed by atoms with Crippen LogP contribution in [0.25, 0.3) is 5.69 Å². The Labute approximate surface area is 109 Å². The summed E-state index contributed by atoms with van der Waals surface area (Å²) in [5.74, 6) is 0.921. The first-order valence-electron chi connectivity index (χ1n) is 6.66. The summed E-state index contributed by atoms with van der Waals surface area (Å²) >= 11 is 0. The van der Waals surface area contributed by atoms with Crippen LogP contribution in [0.2, 0.25) is 0 Å². The van der Waals surface area contributed by atoms with Crippen LogP contribution >= 0.6 is 0 Å². The topological polar surface area (TPSA) is 29.9 Å². The number of nitrogens with zero attached hydrogens (tertiary/aromatic N) is 2. The number of hydrogen-bond acceptors (Lipinski definition) is 2. The lowest BCUT2D eigenvalue weighted by atomic mass is 10.1. The second-order valence-electron chi connectivity index (χ2n) is 4.64. The zero-order valence-electron chi connectivity index (χ0n) is 11.1. The van der Waals surface area contributed by atoms with E-state index in [-0.39, 0.29) is 0 Å². The second-order valence-corrected chi connectivity index (χ2v) is 4.64. The zero-order chi connectivity index (χ0) is 12.8. The van der Waals surface area contributed by atoms with E-state index in [2.05, 4.69) is 40.8 Å². The summed E-state index contributed by atoms with van der Waals surface area (Å²) in [4.78, 5) is 4.39. The average molecular weight is 243 g/mol. The predicted octanol–water partition coefficient (Wildman–Crippen LogP) is 3.86. The first kappa shape index (κ1) is 12.7. The molecule has 0 spiro atoms. The van der Waals surface area contributed by atoms with Gasteiger partial charge in [0.15, 0.2) is 0 Å². The maximum absolute atomic E-state index is 4.39. The van der Waals surface area contributed by atoms with Gasteiger partial charge in [-0.05, 0) is 25.5 Å². The number of nitrogens with one attached hydrogen (secondary N) is 1. The molecule has 1 atom stereocenters. The molecule has 1 aromatic heterocycles. The number of unbranched alkanes of at least 4 members (excludes halogenated alkanes) is 1. The quantitative estimate of drug-likeness (QED) is 0.834. The Bertz CT molecular complexity index is 462. The Hall–Kier alpha value is -1.77. The average Bonchev–Trinajstić information content (AvgIpc) is 2.85. The maximum atomic E-state index is 4.39. The molecule has 0 aliphatic rings. The van der Waals surface area contributed by atoms with Crippen molar-refractivity contribution in [3.63, 3.8) is 0 Å². The number of benzene rings is 1. The fraction of sp³-hybridized carbons (Fsp3) is 0.400. The van der Waals surface area contributed by atoms with Gasteiger partial charge in [-0.1, -0.05) is 38.0 Å². The van der Waals surface area contributed by atoms with Crippen LogP contribution in [0.3, 0.4) is 0 Å². The molecule has 1 unspecified atom stereocenters. The van der Waals surface area contributed by atoms with Crippen LogP contribution < -0.4 is 5.32 Å². The van der Waals surface area contributed by atoms with E-state index in [1.54, 1.807) is 0 Å². The van der Waals surface area contributed by atoms with E-state index in [4.69, 9.17) is 0 Å². The number of imidazole rings is 1. The Morgan fingerprint density at radius 2 is 2.06 bits per heavy atom. The SMILES string of the molecule is CCCCC(C)Nc1nccn1-c1ccccc1. The van der Waals surface area contributed by atoms with E-state index in [1.165, 1.54) is 19.3 Å². The van der Waals surface area contributed by atoms with Crippen molar-refractivity contribution in [2.75, 3.05) is 5.32 Å². The molecule has 0 aliphatic heterocycles. The standard InChI is InChI=1S/C15H21N3/c1-3-4-8-13(2)17-15-16-11-12-18(15)14-9-6-5-7-10-14/h5-7,9-13H,3-4,8H2,1-2H3,(H,16,17). The van der Waals surface area contributed by atoms with Gasteiger partial charge in [0.2, 0.25) is 5.95 Å². The third kappa shape index (κ3) is 3.13. The molecule has 0 saturated heterocycles. The van der Waals surface area contributed by atoms with Crippen molar-refractivity contribution in [2.24, 2.45) is 0 Å². The molecule has 0 amide bonds. The molecule has 0 aliphatic carbocycles. The summed E-state index contributed by atoms with van der Waals surface area (Å²) in [5, 5.41) is 3.48. The highest BCUT2D eigenvalue weighted by molar-refractivity contribution is 5.41. The van der Waals surface area contributed by atoms with Crippen molar-refractivity contribution in [1.82, 2.24) is 9.55 Å². The van der Waals surface area contributed by atoms with Gasteiger partial charge in [0.25, 0.3) is 0 Å². The minimum atomic E-state index is 0.454. The number of rotatable bonds is 6. The van der Waals surface area contributed by atoms with Crippen LogP contribution in [0.1, 0.15) is 33.1 Å². The molecule has 1 aromatic carbocycles. The third-order valence-electron chi connectivity index (χ3n) is 3.04. The smallest absolute Gasteiger partial charge is 0.207 e. The fourth-order valence-corrected chi connectivity index (χ4v) is 2.01. The predicted molar refractivity (Wildman–Crippen MR) is 76.2 cm³/mol. The van der Waals surface area contributed by atoms with E-state index in [9.17, 15) is 0 Å². The van der Waals surface area contributed by atoms with E-state index < -0.39 is 0 Å². The zero-order valence-corrected chi connectivity index (χ0v) is 11.1. The number of anilines is 1. The maximum Gasteiger partial charge on any atom is 0.207 e. The lowest BCUT2D eigenvalue weighted by Crippen LogP contribution is -2.17. The van der Waals surface area contributed by atoms with Crippen molar-refractivity contribution in [3.05, 3.63) is 42.7 Å². The fourth-order valence-electron chi connectivity index (χ4n) is 2.01. The summed E-state index contributed by atoms with van der Waals surface area (Å²) in [5.41, 5.74) is 1.14. The molecule has 3 heteroatoms. The molecule has 18 heavy (non-hydrogen) atoms. The normalized spacial score (nSPS) is 12.3. The highest BCUT2D eigenvalue weighted by atomic mass is 15.2. The van der Waals surface area contributed by atoms with E-state index in [0.29, 0.717) is 6.04 Å². The van der Waals surface area contributed by atoms with Crippen LogP contribution in [0.15, 0.2) is 42.7 Å². The molecule has 2 aromatic rings. The molecule has 0 radical (unpaired) electrons. The van der Waals surface area contributed by atoms with Crippen LogP contribution in [0.5, 0.6) is 0 Å². The summed E-state index contributed by atoms with van der Waals surface area (Å²) in [7, 11) is 0. The monoisotopic (exact) mass is 243 g/mol. The van der Waals surface area contributed by atoms with Crippen molar-refractivity contribution in [2.45, 2.75) is 39.2 Å². The Kier molecular flexibility index (Phi) is 4.40. The number of aromatic nitrogens is 2. The molecule has 2 rings (SSSR count). The largest absolute Gasteiger partial charge is 0.353 e. The first-order chi connectivity index (χ1) is 8.81. The second kappa shape index (κ2) is 6.24. The molecular weight excluding hydrogens is 222 g/mol. The summed E-state index contributed by atoms with van der Waals surface area (Å²) in [6.07, 6.45) is 7.49. The van der Waals surface area contributed by atoms with Gasteiger partial charge in [-0.25, -0.2) is 4.98 Å². The lowest BCUT2D eigenvalue weighted by molar-refractivity contribution is 0.639. The summed E-state index contributed by atoms with van der Waals surface area (Å²) in [6, 6.07) is 10.7. The molecule has 0 bridgehead atoms. The number of para-hydroxylation sites is 1. The molecular formula is C15H21N3. The molecule has 3 nitrogen and oxygen atoms in total. The van der Waals surface area contributed by atoms with E-state index in [1.807, 2.05) is 30.6 Å². The van der Waals surface area contributed by atoms with Gasteiger partial charge in [-0.15, -0.1) is 0 Å². The molecule has 0 saturated carbocycles. The van der Waals surface area contributed by atoms with Gasteiger partial charge in [-0.3, -0.25) is 4.57 Å². The van der Waals surface area contributed by atoms with Crippen LogP contribution in [-0.4, -0.2) is 15.6 Å². The third-order valence-corrected chi connectivity index (χ3v) is 3.04. The Balaban J connectivity index is 2.09. The van der Waals surface area contributed by atoms with Crippen molar-refractivity contribution >= 4 is 5.95 Å². The lowest BCUT2D eigenvalue weighted by Gasteiger charge is -2.15. The molecule has 0 fully saturated rings. The molecule has 96 valence electrons. The van der Waals surface area contributed by atoms with Crippen LogP contribution in [0, 0.1) is 0 Å². The first-order valence-corrected chi connectivity index (χ1v) is 6.66.